The number of hydrogen-bond donors (Lipinski definition) is 3. The first-order valence-corrected chi connectivity index (χ1v) is 20.5. The van der Waals surface area contributed by atoms with Crippen molar-refractivity contribution in [2.45, 2.75) is 160 Å². The molecule has 2 bridgehead atoms. The lowest BCUT2D eigenvalue weighted by Gasteiger charge is -2.46. The maximum Gasteiger partial charge on any atom is 0.329 e. The second-order valence-electron chi connectivity index (χ2n) is 16.8. The Balaban J connectivity index is 1.77. The average Bonchev–Trinajstić information content (AvgIpc) is 3.18. The maximum absolute atomic E-state index is 14.2. The van der Waals surface area contributed by atoms with Crippen LogP contribution in [0.25, 0.3) is 0 Å². The molecule has 4 rings (SSSR count). The molecule has 14 unspecified atom stereocenters. The quantitative estimate of drug-likeness (QED) is 0.194. The Morgan fingerprint density at radius 3 is 2.23 bits per heavy atom. The maximum atomic E-state index is 14.2. The number of aliphatic hydroxyl groups is 3. The Bertz CT molecular complexity index is 1480. The van der Waals surface area contributed by atoms with E-state index >= 15 is 0 Å². The van der Waals surface area contributed by atoms with E-state index in [1.165, 1.54) is 20.4 Å². The Morgan fingerprint density at radius 1 is 0.929 bits per heavy atom. The van der Waals surface area contributed by atoms with Gasteiger partial charge in [0.25, 0.3) is 5.78 Å². The van der Waals surface area contributed by atoms with Crippen LogP contribution in [0, 0.1) is 29.6 Å². The molecular formula is C43H67NO12. The number of cyclic esters (lactones) is 1. The number of fused-ring (bicyclic) bond motifs is 3. The third-order valence-corrected chi connectivity index (χ3v) is 12.6. The summed E-state index contributed by atoms with van der Waals surface area (Å²) in [7, 11) is 4.60. The summed E-state index contributed by atoms with van der Waals surface area (Å²) in [4.78, 5) is 57.3. The first-order valence-electron chi connectivity index (χ1n) is 20.5. The van der Waals surface area contributed by atoms with Crippen LogP contribution in [0.1, 0.15) is 106 Å². The van der Waals surface area contributed by atoms with E-state index in [0.29, 0.717) is 50.5 Å². The first-order chi connectivity index (χ1) is 26.5. The summed E-state index contributed by atoms with van der Waals surface area (Å²) in [5.41, 5.74) is 1.64. The van der Waals surface area contributed by atoms with Crippen LogP contribution in [0.3, 0.4) is 0 Å². The van der Waals surface area contributed by atoms with Crippen molar-refractivity contribution < 1.29 is 58.2 Å². The molecule has 3 aliphatic heterocycles. The van der Waals surface area contributed by atoms with Crippen molar-refractivity contribution in [1.82, 2.24) is 4.90 Å². The fourth-order valence-electron chi connectivity index (χ4n) is 9.08. The highest BCUT2D eigenvalue weighted by Gasteiger charge is 2.56. The van der Waals surface area contributed by atoms with Gasteiger partial charge < -0.3 is 39.0 Å². The second-order valence-corrected chi connectivity index (χ2v) is 16.8. The smallest absolute Gasteiger partial charge is 0.329 e. The molecule has 13 nitrogen and oxygen atoms in total. The second kappa shape index (κ2) is 20.3. The van der Waals surface area contributed by atoms with Crippen LogP contribution in [0.5, 0.6) is 0 Å². The molecule has 0 radical (unpaired) electrons. The van der Waals surface area contributed by atoms with Gasteiger partial charge in [-0.05, 0) is 89.0 Å². The first kappa shape index (κ1) is 45.9. The lowest BCUT2D eigenvalue weighted by molar-refractivity contribution is -0.302. The molecule has 1 saturated carbocycles. The zero-order chi connectivity index (χ0) is 41.5. The summed E-state index contributed by atoms with van der Waals surface area (Å²) < 4.78 is 29.6. The number of esters is 1. The number of nitrogens with zero attached hydrogens (tertiary/aromatic N) is 1. The van der Waals surface area contributed by atoms with Gasteiger partial charge in [-0.2, -0.15) is 0 Å². The fourth-order valence-corrected chi connectivity index (χ4v) is 9.08. The SMILES string of the molecule is CCC1C=C(C)CC(C)CC(OC)C2OC(O)(C(=O)C(=O)N3C=CCCC3C(=O)OC(C(C)=CC3CCC(O)C(OC)C3)C(C)C(O)CC1=O)C(C)CC2OC. The fraction of sp³-hybridized carbons (Fsp3) is 0.767. The third kappa shape index (κ3) is 10.6. The van der Waals surface area contributed by atoms with Gasteiger partial charge in [0.2, 0.25) is 5.79 Å². The van der Waals surface area contributed by atoms with Gasteiger partial charge in [-0.15, -0.1) is 0 Å². The summed E-state index contributed by atoms with van der Waals surface area (Å²) in [6.07, 6.45) is 5.75. The van der Waals surface area contributed by atoms with Crippen LogP contribution in [0.15, 0.2) is 35.6 Å². The molecular weight excluding hydrogens is 722 g/mol. The number of aliphatic hydroxyl groups excluding tert-OH is 2. The normalized spacial score (nSPS) is 40.4. The van der Waals surface area contributed by atoms with Crippen molar-refractivity contribution in [3.63, 3.8) is 0 Å². The van der Waals surface area contributed by atoms with Gasteiger partial charge in [-0.25, -0.2) is 4.79 Å². The molecule has 1 amide bonds. The van der Waals surface area contributed by atoms with Gasteiger partial charge >= 0.3 is 11.9 Å². The Labute approximate surface area is 332 Å². The van der Waals surface area contributed by atoms with E-state index in [2.05, 4.69) is 0 Å². The van der Waals surface area contributed by atoms with Gasteiger partial charge in [0.15, 0.2) is 0 Å². The van der Waals surface area contributed by atoms with E-state index < -0.39 is 83.9 Å². The van der Waals surface area contributed by atoms with Crippen LogP contribution in [0.4, 0.5) is 0 Å². The molecule has 2 fully saturated rings. The summed E-state index contributed by atoms with van der Waals surface area (Å²) in [6.45, 7) is 11.1. The molecule has 0 aromatic heterocycles. The number of ketones is 2. The molecule has 3 heterocycles. The monoisotopic (exact) mass is 789 g/mol. The van der Waals surface area contributed by atoms with Crippen molar-refractivity contribution in [3.8, 4) is 0 Å². The highest BCUT2D eigenvalue weighted by Crippen LogP contribution is 2.39. The minimum Gasteiger partial charge on any atom is -0.456 e. The zero-order valence-corrected chi connectivity index (χ0v) is 34.8. The highest BCUT2D eigenvalue weighted by molar-refractivity contribution is 6.39. The molecule has 0 aromatic carbocycles. The molecule has 4 aliphatic rings. The van der Waals surface area contributed by atoms with Crippen LogP contribution in [-0.4, -0.2) is 120 Å². The van der Waals surface area contributed by atoms with Crippen LogP contribution >= 0.6 is 0 Å². The topological polar surface area (TPSA) is 178 Å². The van der Waals surface area contributed by atoms with Crippen LogP contribution < -0.4 is 0 Å². The summed E-state index contributed by atoms with van der Waals surface area (Å²) in [6, 6.07) is -1.22. The highest BCUT2D eigenvalue weighted by atomic mass is 16.7. The molecule has 1 saturated heterocycles. The standard InChI is InChI=1S/C43H67NO12/c1-10-30-18-24(2)17-25(3)19-36(53-8)39-37(54-9)21-27(5)43(51,56-39)40(48)41(49)44-16-12-11-13-31(44)42(50)55-38(28(6)33(46)23-34(30)47)26(4)20-29-14-15-32(45)35(22-29)52-7/h12,16,18,20,25,27-33,35-39,45-46,51H,10-11,13-15,17,19,21-23H2,1-9H3. The molecule has 316 valence electrons. The average molecular weight is 790 g/mol. The Hall–Kier alpha value is -2.78. The van der Waals surface area contributed by atoms with Crippen molar-refractivity contribution in [2.24, 2.45) is 29.6 Å². The van der Waals surface area contributed by atoms with Crippen LogP contribution in [0.2, 0.25) is 0 Å². The van der Waals surface area contributed by atoms with E-state index in [1.54, 1.807) is 34.0 Å². The van der Waals surface area contributed by atoms with Gasteiger partial charge in [0.1, 0.15) is 24.0 Å². The number of ether oxygens (including phenoxy) is 5. The van der Waals surface area contributed by atoms with E-state index in [0.717, 1.165) is 10.5 Å². The lowest BCUT2D eigenvalue weighted by Crippen LogP contribution is -2.64. The Kier molecular flexibility index (Phi) is 16.6. The molecule has 0 spiro atoms. The van der Waals surface area contributed by atoms with Crippen molar-refractivity contribution >= 4 is 23.4 Å². The van der Waals surface area contributed by atoms with Crippen molar-refractivity contribution in [3.05, 3.63) is 35.6 Å². The Morgan fingerprint density at radius 2 is 1.59 bits per heavy atom. The van der Waals surface area contributed by atoms with Gasteiger partial charge in [-0.3, -0.25) is 19.3 Å². The zero-order valence-electron chi connectivity index (χ0n) is 34.8. The number of Topliss-reactive ketones (excluding diaryl/α,β-unsaturated/α-hetero) is 2. The molecule has 1 aliphatic carbocycles. The minimum atomic E-state index is -2.53. The number of carbonyl (C=O) groups is 4. The largest absolute Gasteiger partial charge is 0.456 e. The van der Waals surface area contributed by atoms with E-state index in [9.17, 15) is 34.5 Å². The van der Waals surface area contributed by atoms with Crippen LogP contribution in [-0.2, 0) is 42.9 Å². The van der Waals surface area contributed by atoms with Gasteiger partial charge in [0, 0.05) is 51.7 Å². The third-order valence-electron chi connectivity index (χ3n) is 12.6. The van der Waals surface area contributed by atoms with Gasteiger partial charge in [0.05, 0.1) is 30.5 Å². The molecule has 13 heteroatoms. The van der Waals surface area contributed by atoms with Gasteiger partial charge in [-0.1, -0.05) is 51.5 Å². The van der Waals surface area contributed by atoms with Crippen molar-refractivity contribution in [2.75, 3.05) is 21.3 Å². The number of rotatable bonds is 6. The number of hydrogen-bond acceptors (Lipinski definition) is 12. The summed E-state index contributed by atoms with van der Waals surface area (Å²) in [5, 5.41) is 34.0. The summed E-state index contributed by atoms with van der Waals surface area (Å²) in [5.74, 6) is -7.80. The van der Waals surface area contributed by atoms with E-state index in [1.807, 2.05) is 32.9 Å². The predicted octanol–water partition coefficient (Wildman–Crippen LogP) is 4.60. The van der Waals surface area contributed by atoms with E-state index in [-0.39, 0.29) is 43.0 Å². The number of allylic oxidation sites excluding steroid dienone is 4. The minimum absolute atomic E-state index is 0.0103. The number of amides is 1. The number of methoxy groups -OCH3 is 3. The van der Waals surface area contributed by atoms with Crippen molar-refractivity contribution in [1.29, 1.82) is 0 Å². The summed E-state index contributed by atoms with van der Waals surface area (Å²) >= 11 is 0. The number of carbonyl (C=O) groups excluding carboxylic acids is 4. The molecule has 0 aromatic rings. The molecule has 14 atom stereocenters. The lowest BCUT2D eigenvalue weighted by atomic mass is 9.81. The predicted molar refractivity (Wildman–Crippen MR) is 208 cm³/mol. The molecule has 3 N–H and O–H groups in total. The van der Waals surface area contributed by atoms with E-state index in [4.69, 9.17) is 23.7 Å². The molecule has 56 heavy (non-hydrogen) atoms.